The first-order chi connectivity index (χ1) is 14.3. The molecule has 7 nitrogen and oxygen atoms in total. The van der Waals surface area contributed by atoms with Crippen LogP contribution in [0.15, 0.2) is 53.4 Å². The molecular formula is C20H16ClN3O4S2. The third-order valence-electron chi connectivity index (χ3n) is 4.07. The molecule has 0 aliphatic carbocycles. The Kier molecular flexibility index (Phi) is 7.09. The van der Waals surface area contributed by atoms with E-state index in [1.807, 2.05) is 6.07 Å². The van der Waals surface area contributed by atoms with E-state index >= 15 is 0 Å². The number of aromatic hydroxyl groups is 1. The second-order valence-electron chi connectivity index (χ2n) is 6.15. The topological polar surface area (TPSA) is 98.7 Å². The molecule has 10 heteroatoms. The van der Waals surface area contributed by atoms with Gasteiger partial charge in [-0.3, -0.25) is 30.1 Å². The van der Waals surface area contributed by atoms with Gasteiger partial charge in [-0.1, -0.05) is 53.8 Å². The van der Waals surface area contributed by atoms with Crippen LogP contribution in [-0.2, 0) is 9.59 Å². The van der Waals surface area contributed by atoms with Crippen molar-refractivity contribution in [2.45, 2.75) is 6.42 Å². The fraction of sp³-hybridized carbons (Fsp3) is 0.100. The molecule has 0 bridgehead atoms. The number of hydrazine groups is 1. The largest absolute Gasteiger partial charge is 0.508 e. The van der Waals surface area contributed by atoms with E-state index in [0.29, 0.717) is 19.8 Å². The highest BCUT2D eigenvalue weighted by molar-refractivity contribution is 8.26. The molecule has 0 unspecified atom stereocenters. The van der Waals surface area contributed by atoms with Crippen molar-refractivity contribution in [2.24, 2.45) is 0 Å². The molecule has 0 radical (unpaired) electrons. The zero-order valence-corrected chi connectivity index (χ0v) is 17.8. The molecule has 1 aliphatic rings. The third-order valence-corrected chi connectivity index (χ3v) is 5.79. The predicted octanol–water partition coefficient (Wildman–Crippen LogP) is 3.10. The van der Waals surface area contributed by atoms with Gasteiger partial charge in [0, 0.05) is 23.6 Å². The van der Waals surface area contributed by atoms with E-state index in [1.54, 1.807) is 24.3 Å². The second-order valence-corrected chi connectivity index (χ2v) is 8.24. The molecule has 0 spiro atoms. The van der Waals surface area contributed by atoms with Crippen molar-refractivity contribution in [3.8, 4) is 5.75 Å². The molecule has 3 rings (SSSR count). The van der Waals surface area contributed by atoms with E-state index in [1.165, 1.54) is 29.2 Å². The molecule has 1 fully saturated rings. The Morgan fingerprint density at radius 3 is 2.53 bits per heavy atom. The molecule has 2 aromatic carbocycles. The Morgan fingerprint density at radius 2 is 1.83 bits per heavy atom. The van der Waals surface area contributed by atoms with Gasteiger partial charge in [-0.05, 0) is 42.0 Å². The number of benzene rings is 2. The number of thioether (sulfide) groups is 1. The number of nitrogens with zero attached hydrogens (tertiary/aromatic N) is 1. The van der Waals surface area contributed by atoms with Crippen molar-refractivity contribution < 1.29 is 19.5 Å². The molecule has 1 aliphatic heterocycles. The number of hydrogen-bond acceptors (Lipinski definition) is 6. The fourth-order valence-electron chi connectivity index (χ4n) is 2.51. The number of rotatable bonds is 5. The van der Waals surface area contributed by atoms with E-state index in [4.69, 9.17) is 23.8 Å². The van der Waals surface area contributed by atoms with Crippen molar-refractivity contribution in [1.29, 1.82) is 0 Å². The lowest BCUT2D eigenvalue weighted by Gasteiger charge is -2.14. The Hall–Kier alpha value is -2.88. The number of nitrogens with one attached hydrogen (secondary N) is 2. The van der Waals surface area contributed by atoms with E-state index < -0.39 is 11.8 Å². The van der Waals surface area contributed by atoms with Crippen LogP contribution in [0.1, 0.15) is 22.3 Å². The maximum Gasteiger partial charge on any atom is 0.269 e. The lowest BCUT2D eigenvalue weighted by Crippen LogP contribution is -2.43. The summed E-state index contributed by atoms with van der Waals surface area (Å²) in [6.07, 6.45) is 1.61. The van der Waals surface area contributed by atoms with E-state index in [-0.39, 0.29) is 30.2 Å². The number of hydrogen-bond donors (Lipinski definition) is 3. The molecule has 3 amide bonds. The van der Waals surface area contributed by atoms with Gasteiger partial charge in [0.2, 0.25) is 5.91 Å². The van der Waals surface area contributed by atoms with Crippen molar-refractivity contribution in [1.82, 2.24) is 15.8 Å². The first-order valence-electron chi connectivity index (χ1n) is 8.73. The minimum absolute atomic E-state index is 0.0302. The molecule has 0 aromatic heterocycles. The van der Waals surface area contributed by atoms with Crippen LogP contribution in [0.25, 0.3) is 6.08 Å². The number of phenolic OH excluding ortho intramolecular Hbond substituents is 1. The standard InChI is InChI=1S/C20H16ClN3O4S2/c21-15-4-2-1-3-13(15)11-16-19(28)24(20(29)30-16)10-9-17(26)22-23-18(27)12-5-7-14(25)8-6-12/h1-8,11,25H,9-10H2,(H,22,26)(H,23,27)/b16-11+. The number of phenols is 1. The molecule has 1 saturated heterocycles. The van der Waals surface area contributed by atoms with Gasteiger partial charge >= 0.3 is 0 Å². The Balaban J connectivity index is 1.52. The van der Waals surface area contributed by atoms with Crippen molar-refractivity contribution >= 4 is 63.7 Å². The fourth-order valence-corrected chi connectivity index (χ4v) is 4.00. The first-order valence-corrected chi connectivity index (χ1v) is 10.3. The van der Waals surface area contributed by atoms with Gasteiger partial charge in [0.1, 0.15) is 10.1 Å². The summed E-state index contributed by atoms with van der Waals surface area (Å²) in [6.45, 7) is 0.0748. The highest BCUT2D eigenvalue weighted by atomic mass is 35.5. The van der Waals surface area contributed by atoms with Gasteiger partial charge in [0.15, 0.2) is 0 Å². The maximum absolute atomic E-state index is 12.6. The summed E-state index contributed by atoms with van der Waals surface area (Å²) in [5.74, 6) is -1.28. The highest BCUT2D eigenvalue weighted by Crippen LogP contribution is 2.33. The van der Waals surface area contributed by atoms with Crippen LogP contribution in [0.3, 0.4) is 0 Å². The first kappa shape index (κ1) is 21.8. The van der Waals surface area contributed by atoms with E-state index in [9.17, 15) is 19.5 Å². The molecule has 3 N–H and O–H groups in total. The average molecular weight is 462 g/mol. The molecule has 2 aromatic rings. The van der Waals surface area contributed by atoms with E-state index in [0.717, 1.165) is 11.8 Å². The van der Waals surface area contributed by atoms with Crippen LogP contribution < -0.4 is 10.9 Å². The monoisotopic (exact) mass is 461 g/mol. The van der Waals surface area contributed by atoms with Crippen LogP contribution in [0.4, 0.5) is 0 Å². The summed E-state index contributed by atoms with van der Waals surface area (Å²) in [4.78, 5) is 38.4. The van der Waals surface area contributed by atoms with Crippen LogP contribution >= 0.6 is 35.6 Å². The minimum Gasteiger partial charge on any atom is -0.508 e. The number of carbonyl (C=O) groups is 3. The highest BCUT2D eigenvalue weighted by Gasteiger charge is 2.32. The average Bonchev–Trinajstić information content (AvgIpc) is 2.99. The predicted molar refractivity (Wildman–Crippen MR) is 120 cm³/mol. The Morgan fingerprint density at radius 1 is 1.13 bits per heavy atom. The molecule has 0 atom stereocenters. The normalized spacial score (nSPS) is 14.8. The van der Waals surface area contributed by atoms with Gasteiger partial charge in [-0.25, -0.2) is 0 Å². The Labute approximate surface area is 187 Å². The lowest BCUT2D eigenvalue weighted by molar-refractivity contribution is -0.124. The van der Waals surface area contributed by atoms with Crippen molar-refractivity contribution in [2.75, 3.05) is 6.54 Å². The smallest absolute Gasteiger partial charge is 0.269 e. The molecule has 1 heterocycles. The van der Waals surface area contributed by atoms with E-state index in [2.05, 4.69) is 10.9 Å². The number of thiocarbonyl (C=S) groups is 1. The summed E-state index contributed by atoms with van der Waals surface area (Å²) in [5, 5.41) is 9.75. The van der Waals surface area contributed by atoms with Crippen LogP contribution in [-0.4, -0.2) is 38.6 Å². The van der Waals surface area contributed by atoms with Gasteiger partial charge in [0.25, 0.3) is 11.8 Å². The minimum atomic E-state index is -0.531. The zero-order chi connectivity index (χ0) is 21.7. The number of halogens is 1. The summed E-state index contributed by atoms with van der Waals surface area (Å²) in [6, 6.07) is 12.7. The summed E-state index contributed by atoms with van der Waals surface area (Å²) >= 11 is 12.5. The molecular weight excluding hydrogens is 446 g/mol. The summed E-state index contributed by atoms with van der Waals surface area (Å²) in [5.41, 5.74) is 5.54. The molecule has 0 saturated carbocycles. The SMILES string of the molecule is O=C(CCN1C(=O)/C(=C\c2ccccc2Cl)SC1=S)NNC(=O)c1ccc(O)cc1. The summed E-state index contributed by atoms with van der Waals surface area (Å²) in [7, 11) is 0. The molecule has 154 valence electrons. The van der Waals surface area contributed by atoms with Crippen LogP contribution in [0.5, 0.6) is 5.75 Å². The van der Waals surface area contributed by atoms with Gasteiger partial charge in [-0.15, -0.1) is 0 Å². The van der Waals surface area contributed by atoms with Crippen molar-refractivity contribution in [3.63, 3.8) is 0 Å². The molecule has 30 heavy (non-hydrogen) atoms. The van der Waals surface area contributed by atoms with Gasteiger partial charge < -0.3 is 5.11 Å². The number of carbonyl (C=O) groups excluding carboxylic acids is 3. The summed E-state index contributed by atoms with van der Waals surface area (Å²) < 4.78 is 0.347. The van der Waals surface area contributed by atoms with Gasteiger partial charge in [-0.2, -0.15) is 0 Å². The third kappa shape index (κ3) is 5.38. The van der Waals surface area contributed by atoms with Crippen LogP contribution in [0, 0.1) is 0 Å². The second kappa shape index (κ2) is 9.75. The zero-order valence-electron chi connectivity index (χ0n) is 15.4. The Bertz CT molecular complexity index is 1040. The quantitative estimate of drug-likeness (QED) is 0.359. The maximum atomic E-state index is 12.6. The lowest BCUT2D eigenvalue weighted by atomic mass is 10.2. The van der Waals surface area contributed by atoms with Crippen molar-refractivity contribution in [3.05, 3.63) is 69.6 Å². The number of amides is 3. The van der Waals surface area contributed by atoms with Crippen LogP contribution in [0.2, 0.25) is 5.02 Å². The van der Waals surface area contributed by atoms with Gasteiger partial charge in [0.05, 0.1) is 4.91 Å².